The van der Waals surface area contributed by atoms with Crippen LogP contribution < -0.4 is 4.90 Å². The van der Waals surface area contributed by atoms with E-state index in [2.05, 4.69) is 30.8 Å². The molecule has 2 aliphatic rings. The van der Waals surface area contributed by atoms with Crippen LogP contribution in [0.3, 0.4) is 0 Å². The largest absolute Gasteiger partial charge is 0.314 e. The van der Waals surface area contributed by atoms with E-state index in [0.29, 0.717) is 11.6 Å². The molecule has 2 aromatic rings. The van der Waals surface area contributed by atoms with Crippen molar-refractivity contribution in [3.05, 3.63) is 70.6 Å². The molecule has 2 heterocycles. The quantitative estimate of drug-likeness (QED) is 0.341. The normalized spacial score (nSPS) is 19.5. The van der Waals surface area contributed by atoms with Crippen molar-refractivity contribution in [2.24, 2.45) is 0 Å². The molecule has 2 saturated heterocycles. The molecule has 0 aliphatic carbocycles. The number of hydrogen-bond donors (Lipinski definition) is 0. The molecule has 173 valence electrons. The molecule has 2 aliphatic heterocycles. The predicted molar refractivity (Wildman–Crippen MR) is 133 cm³/mol. The van der Waals surface area contributed by atoms with Gasteiger partial charge in [0.15, 0.2) is 11.7 Å². The number of nitrogens with zero attached hydrogens (tertiary/aromatic N) is 3. The molecule has 5 heteroatoms. The fourth-order valence-corrected chi connectivity index (χ4v) is 5.53. The smallest absolute Gasteiger partial charge is 0.285 e. The van der Waals surface area contributed by atoms with Gasteiger partial charge in [-0.3, -0.25) is 4.79 Å². The summed E-state index contributed by atoms with van der Waals surface area (Å²) < 4.78 is 0.980. The van der Waals surface area contributed by atoms with Gasteiger partial charge in [-0.25, -0.2) is 4.85 Å². The number of anilines is 1. The number of carbonyl (C=O) groups is 1. The Bertz CT molecular complexity index is 938. The number of quaternary nitrogens is 1. The summed E-state index contributed by atoms with van der Waals surface area (Å²) in [7, 11) is 0. The molecule has 0 spiro atoms. The van der Waals surface area contributed by atoms with E-state index in [0.717, 1.165) is 60.3 Å². The summed E-state index contributed by atoms with van der Waals surface area (Å²) in [5, 5.41) is 0. The minimum absolute atomic E-state index is 0. The molecule has 1 amide bonds. The monoisotopic (exact) mass is 521 g/mol. The molecule has 0 N–H and O–H groups in total. The number of rotatable bonds is 3. The summed E-state index contributed by atoms with van der Waals surface area (Å²) in [5.74, 6) is 0.303. The number of hydrogen-bond acceptors (Lipinski definition) is 1. The van der Waals surface area contributed by atoms with Gasteiger partial charge in [0.05, 0.1) is 26.2 Å². The summed E-state index contributed by atoms with van der Waals surface area (Å²) in [6.45, 7) is 19.8. The van der Waals surface area contributed by atoms with E-state index < -0.39 is 0 Å². The average Bonchev–Trinajstić information content (AvgIpc) is 2.81. The molecule has 0 aromatic heterocycles. The van der Waals surface area contributed by atoms with Crippen LogP contribution in [0.15, 0.2) is 42.5 Å². The third kappa shape index (κ3) is 6.53. The first-order chi connectivity index (χ1) is 15.4. The number of piperidine rings is 2. The third-order valence-electron chi connectivity index (χ3n) is 7.22. The first-order valence-electron chi connectivity index (χ1n) is 12.1. The van der Waals surface area contributed by atoms with Crippen LogP contribution in [0.4, 0.5) is 11.4 Å². The van der Waals surface area contributed by atoms with Crippen LogP contribution >= 0.6 is 0 Å². The van der Waals surface area contributed by atoms with Crippen molar-refractivity contribution in [3.8, 4) is 0 Å². The maximum absolute atomic E-state index is 13.5. The maximum Gasteiger partial charge on any atom is 0.285 e. The Balaban J connectivity index is 0.000000413. The van der Waals surface area contributed by atoms with Gasteiger partial charge in [0.2, 0.25) is 0 Å². The summed E-state index contributed by atoms with van der Waals surface area (Å²) in [5.41, 5.74) is 5.10. The second-order valence-electron chi connectivity index (χ2n) is 9.39. The molecule has 2 fully saturated rings. The van der Waals surface area contributed by atoms with E-state index in [4.69, 9.17) is 6.57 Å². The number of benzene rings is 2. The second kappa shape index (κ2) is 12.8. The molecule has 0 bridgehead atoms. The van der Waals surface area contributed by atoms with Gasteiger partial charge in [-0.05, 0) is 64.5 Å². The summed E-state index contributed by atoms with van der Waals surface area (Å²) in [6.07, 6.45) is 5.88. The Kier molecular flexibility index (Phi) is 10.7. The summed E-state index contributed by atoms with van der Waals surface area (Å²) in [4.78, 5) is 19.1. The van der Waals surface area contributed by atoms with Crippen molar-refractivity contribution in [1.29, 1.82) is 0 Å². The van der Waals surface area contributed by atoms with E-state index in [1.54, 1.807) is 0 Å². The van der Waals surface area contributed by atoms with E-state index in [-0.39, 0.29) is 38.8 Å². The Morgan fingerprint density at radius 3 is 2.09 bits per heavy atom. The average molecular weight is 522 g/mol. The van der Waals surface area contributed by atoms with Gasteiger partial charge in [-0.2, -0.15) is 0 Å². The zero-order valence-corrected chi connectivity index (χ0v) is 23.6. The van der Waals surface area contributed by atoms with E-state index in [9.17, 15) is 4.79 Å². The first kappa shape index (κ1) is 27.7. The zero-order chi connectivity index (χ0) is 23.1. The topological polar surface area (TPSA) is 24.7 Å². The molecule has 33 heavy (non-hydrogen) atoms. The molecule has 1 atom stereocenters. The standard InChI is InChI=1S/C21H30N3O.C7H8.Y/c1-5-24(12-7-6-8-13-24)19-10-9-11-23(21(19)25)20-16(2)14-18(22-4)15-17(20)3;1-7-5-3-2-4-6-7;/h14-15,19H,5-13H2,1-3H3;2-6H,1H3;/q+1;;. The SMILES string of the molecule is Cc1ccccc1.[C-]#[N+]c1cc(C)c(N2CCCC([N+]3(CC)CCCCC3)C2=O)c(C)c1.[Y]. The van der Waals surface area contributed by atoms with Crippen molar-refractivity contribution in [2.45, 2.75) is 65.8 Å². The van der Waals surface area contributed by atoms with Crippen LogP contribution in [0.1, 0.15) is 55.7 Å². The molecule has 1 radical (unpaired) electrons. The van der Waals surface area contributed by atoms with Crippen molar-refractivity contribution < 1.29 is 42.0 Å². The van der Waals surface area contributed by atoms with Crippen LogP contribution in [0, 0.1) is 27.3 Å². The van der Waals surface area contributed by atoms with E-state index >= 15 is 0 Å². The van der Waals surface area contributed by atoms with Crippen molar-refractivity contribution >= 4 is 17.3 Å². The molecular formula is C28H38N3OY+. The second-order valence-corrected chi connectivity index (χ2v) is 9.39. The van der Waals surface area contributed by atoms with Crippen molar-refractivity contribution in [3.63, 3.8) is 0 Å². The van der Waals surface area contributed by atoms with Gasteiger partial charge < -0.3 is 9.38 Å². The first-order valence-corrected chi connectivity index (χ1v) is 12.1. The van der Waals surface area contributed by atoms with Crippen LogP contribution in [0.25, 0.3) is 4.85 Å². The fourth-order valence-electron chi connectivity index (χ4n) is 5.53. The molecule has 1 unspecified atom stereocenters. The zero-order valence-electron chi connectivity index (χ0n) is 20.8. The number of carbonyl (C=O) groups excluding carboxylic acids is 1. The van der Waals surface area contributed by atoms with Gasteiger partial charge in [0, 0.05) is 51.4 Å². The Morgan fingerprint density at radius 1 is 1.00 bits per heavy atom. The Morgan fingerprint density at radius 2 is 1.61 bits per heavy atom. The molecule has 2 aromatic carbocycles. The molecular weight excluding hydrogens is 483 g/mol. The minimum atomic E-state index is 0. The van der Waals surface area contributed by atoms with Crippen molar-refractivity contribution in [1.82, 2.24) is 0 Å². The number of amides is 1. The van der Waals surface area contributed by atoms with Gasteiger partial charge in [0.25, 0.3) is 5.91 Å². The third-order valence-corrected chi connectivity index (χ3v) is 7.22. The summed E-state index contributed by atoms with van der Waals surface area (Å²) >= 11 is 0. The van der Waals surface area contributed by atoms with Gasteiger partial charge in [0.1, 0.15) is 0 Å². The van der Waals surface area contributed by atoms with E-state index in [1.165, 1.54) is 24.8 Å². The van der Waals surface area contributed by atoms with Gasteiger partial charge in [-0.1, -0.05) is 48.0 Å². The van der Waals surface area contributed by atoms with E-state index in [1.807, 2.05) is 49.1 Å². The Hall–Kier alpha value is -1.54. The van der Waals surface area contributed by atoms with Crippen molar-refractivity contribution in [2.75, 3.05) is 31.1 Å². The van der Waals surface area contributed by atoms with Crippen LogP contribution in [-0.4, -0.2) is 42.6 Å². The van der Waals surface area contributed by atoms with Crippen LogP contribution in [-0.2, 0) is 37.5 Å². The Labute approximate surface area is 225 Å². The number of aryl methyl sites for hydroxylation is 3. The minimum Gasteiger partial charge on any atom is -0.314 e. The van der Waals surface area contributed by atoms with Gasteiger partial charge >= 0.3 is 0 Å². The molecule has 4 rings (SSSR count). The molecule has 0 saturated carbocycles. The van der Waals surface area contributed by atoms with Crippen LogP contribution in [0.2, 0.25) is 0 Å². The van der Waals surface area contributed by atoms with Crippen LogP contribution in [0.5, 0.6) is 0 Å². The molecule has 4 nitrogen and oxygen atoms in total. The predicted octanol–water partition coefficient (Wildman–Crippen LogP) is 6.36. The number of likely N-dealkylation sites (N-methyl/N-ethyl adjacent to an activating group) is 1. The van der Waals surface area contributed by atoms with Gasteiger partial charge in [-0.15, -0.1) is 0 Å². The fraction of sp³-hybridized carbons (Fsp3) is 0.500. The maximum atomic E-state index is 13.5. The summed E-state index contributed by atoms with van der Waals surface area (Å²) in [6, 6.07) is 14.2. The number of likely N-dealkylation sites (tertiary alicyclic amines) is 1.